The SMILES string of the molecule is CC1(C)CC(OC(=O)C2CCC3CC(C(=O)OC4CC(C)(C)NC(C)(C)C4)CCC3C2)CC(C)(C)N1. The molecule has 0 aromatic carbocycles. The molecule has 0 bridgehead atoms. The van der Waals surface area contributed by atoms with Crippen LogP contribution in [0.25, 0.3) is 0 Å². The molecule has 2 heterocycles. The highest BCUT2D eigenvalue weighted by molar-refractivity contribution is 5.73. The molecule has 0 aromatic heterocycles. The number of fused-ring (bicyclic) bond motifs is 1. The number of hydrogen-bond donors (Lipinski definition) is 2. The van der Waals surface area contributed by atoms with Gasteiger partial charge in [-0.25, -0.2) is 0 Å². The summed E-state index contributed by atoms with van der Waals surface area (Å²) in [7, 11) is 0. The van der Waals surface area contributed by atoms with Gasteiger partial charge in [-0.3, -0.25) is 9.59 Å². The number of nitrogens with one attached hydrogen (secondary N) is 2. The van der Waals surface area contributed by atoms with Crippen LogP contribution in [-0.4, -0.2) is 46.3 Å². The van der Waals surface area contributed by atoms with Crippen molar-refractivity contribution in [3.05, 3.63) is 0 Å². The van der Waals surface area contributed by atoms with Crippen molar-refractivity contribution in [2.75, 3.05) is 0 Å². The van der Waals surface area contributed by atoms with E-state index in [0.29, 0.717) is 11.8 Å². The van der Waals surface area contributed by atoms with Gasteiger partial charge in [0.2, 0.25) is 0 Å². The van der Waals surface area contributed by atoms with Gasteiger partial charge in [0.25, 0.3) is 0 Å². The van der Waals surface area contributed by atoms with E-state index in [1.807, 2.05) is 0 Å². The summed E-state index contributed by atoms with van der Waals surface area (Å²) in [5, 5.41) is 7.33. The highest BCUT2D eigenvalue weighted by Crippen LogP contribution is 2.46. The molecule has 6 nitrogen and oxygen atoms in total. The Morgan fingerprint density at radius 1 is 0.556 bits per heavy atom. The van der Waals surface area contributed by atoms with E-state index in [1.165, 1.54) is 0 Å². The zero-order valence-corrected chi connectivity index (χ0v) is 24.2. The Bertz CT molecular complexity index is 733. The molecular weight excluding hydrogens is 452 g/mol. The minimum Gasteiger partial charge on any atom is -0.462 e. The third-order valence-electron chi connectivity index (χ3n) is 9.15. The zero-order chi connectivity index (χ0) is 26.5. The molecule has 2 saturated heterocycles. The molecule has 2 aliphatic carbocycles. The second kappa shape index (κ2) is 9.87. The second-order valence-corrected chi connectivity index (χ2v) is 15.3. The second-order valence-electron chi connectivity index (χ2n) is 15.3. The Morgan fingerprint density at radius 2 is 0.861 bits per heavy atom. The molecule has 4 unspecified atom stereocenters. The number of piperidine rings is 2. The molecule has 2 aliphatic heterocycles. The Labute approximate surface area is 219 Å². The van der Waals surface area contributed by atoms with Crippen LogP contribution in [0, 0.1) is 23.7 Å². The van der Waals surface area contributed by atoms with Crippen LogP contribution in [0.1, 0.15) is 120 Å². The maximum Gasteiger partial charge on any atom is 0.309 e. The lowest BCUT2D eigenvalue weighted by molar-refractivity contribution is -0.164. The van der Waals surface area contributed by atoms with Gasteiger partial charge < -0.3 is 20.1 Å². The number of carbonyl (C=O) groups excluding carboxylic acids is 2. The molecule has 0 aromatic rings. The molecule has 206 valence electrons. The summed E-state index contributed by atoms with van der Waals surface area (Å²) in [6.07, 6.45) is 9.04. The fourth-order valence-corrected chi connectivity index (χ4v) is 8.46. The largest absolute Gasteiger partial charge is 0.462 e. The number of ether oxygens (including phenoxy) is 2. The predicted molar refractivity (Wildman–Crippen MR) is 142 cm³/mol. The fourth-order valence-electron chi connectivity index (χ4n) is 8.46. The smallest absolute Gasteiger partial charge is 0.309 e. The third kappa shape index (κ3) is 7.03. The van der Waals surface area contributed by atoms with Gasteiger partial charge in [-0.15, -0.1) is 0 Å². The van der Waals surface area contributed by atoms with Crippen molar-refractivity contribution in [1.82, 2.24) is 10.6 Å². The van der Waals surface area contributed by atoms with Crippen LogP contribution in [0.15, 0.2) is 0 Å². The van der Waals surface area contributed by atoms with Crippen LogP contribution in [-0.2, 0) is 19.1 Å². The lowest BCUT2D eigenvalue weighted by Gasteiger charge is -2.47. The molecule has 4 fully saturated rings. The van der Waals surface area contributed by atoms with Crippen LogP contribution in [0.3, 0.4) is 0 Å². The van der Waals surface area contributed by atoms with Crippen LogP contribution in [0.4, 0.5) is 0 Å². The average Bonchev–Trinajstić information content (AvgIpc) is 2.68. The van der Waals surface area contributed by atoms with Crippen molar-refractivity contribution in [3.8, 4) is 0 Å². The molecule has 0 amide bonds. The van der Waals surface area contributed by atoms with Gasteiger partial charge in [0, 0.05) is 47.8 Å². The van der Waals surface area contributed by atoms with Crippen LogP contribution in [0.2, 0.25) is 0 Å². The molecule has 36 heavy (non-hydrogen) atoms. The summed E-state index contributed by atoms with van der Waals surface area (Å²) < 4.78 is 12.2. The molecule has 4 atom stereocenters. The van der Waals surface area contributed by atoms with Gasteiger partial charge in [0.1, 0.15) is 12.2 Å². The summed E-state index contributed by atoms with van der Waals surface area (Å²) in [4.78, 5) is 26.3. The predicted octanol–water partition coefficient (Wildman–Crippen LogP) is 5.52. The van der Waals surface area contributed by atoms with Gasteiger partial charge >= 0.3 is 11.9 Å². The number of hydrogen-bond acceptors (Lipinski definition) is 6. The van der Waals surface area contributed by atoms with Crippen molar-refractivity contribution in [2.24, 2.45) is 23.7 Å². The van der Waals surface area contributed by atoms with Gasteiger partial charge in [-0.05, 0) is 106 Å². The molecule has 0 radical (unpaired) electrons. The number of carbonyl (C=O) groups is 2. The summed E-state index contributed by atoms with van der Waals surface area (Å²) >= 11 is 0. The first-order valence-corrected chi connectivity index (χ1v) is 14.5. The summed E-state index contributed by atoms with van der Waals surface area (Å²) in [5.41, 5.74) is -0.123. The zero-order valence-electron chi connectivity index (χ0n) is 24.2. The normalized spacial score (nSPS) is 35.9. The standard InChI is InChI=1S/C30H52N2O4/c1-27(2)15-23(16-28(3,4)31-27)35-25(33)21-11-9-20-14-22(12-10-19(20)13-21)26(34)36-24-17-29(5,6)32-30(7,8)18-24/h19-24,31-32H,9-18H2,1-8H3. The quantitative estimate of drug-likeness (QED) is 0.491. The molecule has 2 saturated carbocycles. The highest BCUT2D eigenvalue weighted by Gasteiger charge is 2.44. The van der Waals surface area contributed by atoms with Gasteiger partial charge in [-0.1, -0.05) is 0 Å². The lowest BCUT2D eigenvalue weighted by Crippen LogP contribution is -2.60. The Kier molecular flexibility index (Phi) is 7.65. The maximum atomic E-state index is 13.1. The first kappa shape index (κ1) is 27.9. The molecule has 0 spiro atoms. The van der Waals surface area contributed by atoms with Crippen molar-refractivity contribution >= 4 is 11.9 Å². The molecule has 4 rings (SSSR count). The molecule has 2 N–H and O–H groups in total. The Balaban J connectivity index is 1.26. The van der Waals surface area contributed by atoms with E-state index in [4.69, 9.17) is 9.47 Å². The van der Waals surface area contributed by atoms with Crippen molar-refractivity contribution < 1.29 is 19.1 Å². The minimum atomic E-state index is -0.0308. The lowest BCUT2D eigenvalue weighted by atomic mass is 9.65. The van der Waals surface area contributed by atoms with Crippen LogP contribution in [0.5, 0.6) is 0 Å². The molecular formula is C30H52N2O4. The summed E-state index contributed by atoms with van der Waals surface area (Å²) in [6.45, 7) is 17.5. The molecule has 4 aliphatic rings. The first-order chi connectivity index (χ1) is 16.5. The summed E-state index contributed by atoms with van der Waals surface area (Å²) in [6, 6.07) is 0. The van der Waals surface area contributed by atoms with Crippen LogP contribution < -0.4 is 10.6 Å². The summed E-state index contributed by atoms with van der Waals surface area (Å²) in [5.74, 6) is 1.08. The fraction of sp³-hybridized carbons (Fsp3) is 0.933. The van der Waals surface area contributed by atoms with Gasteiger partial charge in [-0.2, -0.15) is 0 Å². The van der Waals surface area contributed by atoms with E-state index in [-0.39, 0.29) is 58.1 Å². The highest BCUT2D eigenvalue weighted by atomic mass is 16.5. The van der Waals surface area contributed by atoms with E-state index < -0.39 is 0 Å². The Hall–Kier alpha value is -1.14. The van der Waals surface area contributed by atoms with Crippen LogP contribution >= 0.6 is 0 Å². The number of rotatable bonds is 4. The van der Waals surface area contributed by atoms with E-state index in [9.17, 15) is 9.59 Å². The number of esters is 2. The van der Waals surface area contributed by atoms with Crippen molar-refractivity contribution in [2.45, 2.75) is 154 Å². The van der Waals surface area contributed by atoms with E-state index in [1.54, 1.807) is 0 Å². The van der Waals surface area contributed by atoms with Gasteiger partial charge in [0.05, 0.1) is 11.8 Å². The molecule has 6 heteroatoms. The monoisotopic (exact) mass is 504 g/mol. The topological polar surface area (TPSA) is 76.7 Å². The third-order valence-corrected chi connectivity index (χ3v) is 9.15. The first-order valence-electron chi connectivity index (χ1n) is 14.5. The van der Waals surface area contributed by atoms with Gasteiger partial charge in [0.15, 0.2) is 0 Å². The Morgan fingerprint density at radius 3 is 1.17 bits per heavy atom. The van der Waals surface area contributed by atoms with E-state index in [2.05, 4.69) is 66.0 Å². The minimum absolute atomic E-state index is 0.00428. The van der Waals surface area contributed by atoms with E-state index in [0.717, 1.165) is 64.2 Å². The average molecular weight is 505 g/mol. The van der Waals surface area contributed by atoms with E-state index >= 15 is 0 Å². The van der Waals surface area contributed by atoms with Crippen molar-refractivity contribution in [1.29, 1.82) is 0 Å². The van der Waals surface area contributed by atoms with Crippen molar-refractivity contribution in [3.63, 3.8) is 0 Å². The maximum absolute atomic E-state index is 13.1.